The highest BCUT2D eigenvalue weighted by Crippen LogP contribution is 2.20. The maximum Gasteiger partial charge on any atom is 0.251 e. The van der Waals surface area contributed by atoms with Gasteiger partial charge >= 0.3 is 0 Å². The Labute approximate surface area is 141 Å². The van der Waals surface area contributed by atoms with Crippen LogP contribution >= 0.6 is 0 Å². The van der Waals surface area contributed by atoms with Crippen molar-refractivity contribution in [1.29, 1.82) is 0 Å². The van der Waals surface area contributed by atoms with Gasteiger partial charge in [0, 0.05) is 56.3 Å². The van der Waals surface area contributed by atoms with Gasteiger partial charge < -0.3 is 9.30 Å². The molecule has 0 unspecified atom stereocenters. The first-order valence-corrected chi connectivity index (χ1v) is 8.73. The molecule has 126 valence electrons. The quantitative estimate of drug-likeness (QED) is 0.858. The summed E-state index contributed by atoms with van der Waals surface area (Å²) in [6.45, 7) is 4.37. The lowest BCUT2D eigenvalue weighted by atomic mass is 10.1. The Morgan fingerprint density at radius 1 is 1.21 bits per heavy atom. The molecule has 1 fully saturated rings. The lowest BCUT2D eigenvalue weighted by molar-refractivity contribution is 0.146. The van der Waals surface area contributed by atoms with Gasteiger partial charge in [-0.3, -0.25) is 14.7 Å². The zero-order valence-corrected chi connectivity index (χ0v) is 13.9. The van der Waals surface area contributed by atoms with Crippen LogP contribution in [0, 0.1) is 0 Å². The van der Waals surface area contributed by atoms with Crippen LogP contribution in [0.5, 0.6) is 0 Å². The Morgan fingerprint density at radius 2 is 2.12 bits per heavy atom. The third-order valence-corrected chi connectivity index (χ3v) is 5.18. The normalized spacial score (nSPS) is 21.4. The largest absolute Gasteiger partial charge is 0.380 e. The summed E-state index contributed by atoms with van der Waals surface area (Å²) >= 11 is 0. The van der Waals surface area contributed by atoms with Gasteiger partial charge in [-0.25, -0.2) is 0 Å². The molecule has 2 aromatic heterocycles. The van der Waals surface area contributed by atoms with Gasteiger partial charge in [0.05, 0.1) is 13.2 Å². The molecule has 2 aromatic rings. The van der Waals surface area contributed by atoms with Gasteiger partial charge in [0.1, 0.15) is 0 Å². The fourth-order valence-electron chi connectivity index (χ4n) is 3.84. The maximum absolute atomic E-state index is 12.5. The Bertz CT molecular complexity index is 751. The van der Waals surface area contributed by atoms with E-state index < -0.39 is 0 Å². The number of aromatic nitrogens is 2. The van der Waals surface area contributed by atoms with E-state index in [-0.39, 0.29) is 5.56 Å². The predicted molar refractivity (Wildman–Crippen MR) is 92.2 cm³/mol. The van der Waals surface area contributed by atoms with E-state index in [0.717, 1.165) is 51.1 Å². The monoisotopic (exact) mass is 325 g/mol. The number of fused-ring (bicyclic) bond motifs is 1. The third-order valence-electron chi connectivity index (χ3n) is 5.18. The van der Waals surface area contributed by atoms with Crippen molar-refractivity contribution >= 4 is 0 Å². The number of nitrogens with zero attached hydrogens (tertiary/aromatic N) is 3. The topological polar surface area (TPSA) is 47.4 Å². The summed E-state index contributed by atoms with van der Waals surface area (Å²) in [7, 11) is 0. The van der Waals surface area contributed by atoms with Crippen LogP contribution in [0.15, 0.2) is 41.5 Å². The molecule has 4 heterocycles. The fourth-order valence-corrected chi connectivity index (χ4v) is 3.84. The number of rotatable bonds is 3. The van der Waals surface area contributed by atoms with Crippen LogP contribution < -0.4 is 5.56 Å². The van der Waals surface area contributed by atoms with Crippen molar-refractivity contribution < 1.29 is 4.74 Å². The van der Waals surface area contributed by atoms with E-state index in [0.29, 0.717) is 12.6 Å². The van der Waals surface area contributed by atoms with Crippen molar-refractivity contribution in [2.75, 3.05) is 26.3 Å². The molecule has 2 aliphatic rings. The molecular weight excluding hydrogens is 302 g/mol. The zero-order valence-electron chi connectivity index (χ0n) is 13.9. The Balaban J connectivity index is 1.60. The molecule has 0 amide bonds. The molecular formula is C19H23N3O2. The summed E-state index contributed by atoms with van der Waals surface area (Å²) in [5, 5.41) is 0. The minimum Gasteiger partial charge on any atom is -0.380 e. The summed E-state index contributed by atoms with van der Waals surface area (Å²) in [6, 6.07) is 8.22. The molecule has 0 spiro atoms. The molecule has 0 N–H and O–H groups in total. The second-order valence-electron chi connectivity index (χ2n) is 6.64. The Morgan fingerprint density at radius 3 is 2.92 bits per heavy atom. The van der Waals surface area contributed by atoms with Crippen LogP contribution in [0.3, 0.4) is 0 Å². The lowest BCUT2D eigenvalue weighted by Gasteiger charge is -2.25. The third kappa shape index (κ3) is 3.14. The highest BCUT2D eigenvalue weighted by Gasteiger charge is 2.26. The highest BCUT2D eigenvalue weighted by atomic mass is 16.5. The van der Waals surface area contributed by atoms with Crippen molar-refractivity contribution in [2.24, 2.45) is 0 Å². The smallest absolute Gasteiger partial charge is 0.251 e. The van der Waals surface area contributed by atoms with Crippen molar-refractivity contribution in [3.63, 3.8) is 0 Å². The van der Waals surface area contributed by atoms with Crippen molar-refractivity contribution in [3.05, 3.63) is 63.8 Å². The number of ether oxygens (including phenoxy) is 1. The van der Waals surface area contributed by atoms with Crippen LogP contribution in [-0.2, 0) is 24.1 Å². The van der Waals surface area contributed by atoms with Gasteiger partial charge in [-0.2, -0.15) is 0 Å². The van der Waals surface area contributed by atoms with Gasteiger partial charge in [0.2, 0.25) is 0 Å². The standard InChI is InChI=1S/C19H23N3O2/c23-19-4-3-16-5-9-21(17-7-11-24-14-17)10-6-18(16)22(19)13-15-2-1-8-20-12-15/h1-4,8,12,17H,5-7,9-11,13-14H2/t17-/m1/s1. The first kappa shape index (κ1) is 15.5. The van der Waals surface area contributed by atoms with Crippen LogP contribution in [0.4, 0.5) is 0 Å². The minimum atomic E-state index is 0.0789. The van der Waals surface area contributed by atoms with E-state index in [2.05, 4.69) is 9.88 Å². The number of pyridine rings is 2. The molecule has 0 saturated carbocycles. The van der Waals surface area contributed by atoms with Gasteiger partial charge in [0.25, 0.3) is 5.56 Å². The van der Waals surface area contributed by atoms with Crippen LogP contribution in [0.2, 0.25) is 0 Å². The fraction of sp³-hybridized carbons (Fsp3) is 0.474. The van der Waals surface area contributed by atoms with E-state index in [9.17, 15) is 4.79 Å². The Kier molecular flexibility index (Phi) is 4.45. The van der Waals surface area contributed by atoms with E-state index in [1.165, 1.54) is 11.3 Å². The lowest BCUT2D eigenvalue weighted by Crippen LogP contribution is -2.37. The number of hydrogen-bond acceptors (Lipinski definition) is 4. The zero-order chi connectivity index (χ0) is 16.4. The van der Waals surface area contributed by atoms with Crippen LogP contribution in [-0.4, -0.2) is 46.8 Å². The van der Waals surface area contributed by atoms with Gasteiger partial charge in [0.15, 0.2) is 0 Å². The van der Waals surface area contributed by atoms with E-state index >= 15 is 0 Å². The first-order valence-electron chi connectivity index (χ1n) is 8.73. The SMILES string of the molecule is O=c1ccc2c(n1Cc1cccnc1)CCN([C@@H]1CCOC1)CC2. The van der Waals surface area contributed by atoms with Crippen LogP contribution in [0.1, 0.15) is 23.2 Å². The molecule has 0 bridgehead atoms. The molecule has 24 heavy (non-hydrogen) atoms. The second-order valence-corrected chi connectivity index (χ2v) is 6.64. The summed E-state index contributed by atoms with van der Waals surface area (Å²) < 4.78 is 7.48. The van der Waals surface area contributed by atoms with Gasteiger partial charge in [-0.15, -0.1) is 0 Å². The van der Waals surface area contributed by atoms with Crippen LogP contribution in [0.25, 0.3) is 0 Å². The van der Waals surface area contributed by atoms with Crippen molar-refractivity contribution in [2.45, 2.75) is 31.8 Å². The average Bonchev–Trinajstić information content (AvgIpc) is 3.06. The molecule has 5 heteroatoms. The molecule has 1 saturated heterocycles. The average molecular weight is 325 g/mol. The Hall–Kier alpha value is -1.98. The molecule has 1 atom stereocenters. The molecule has 4 rings (SSSR count). The van der Waals surface area contributed by atoms with Gasteiger partial charge in [-0.05, 0) is 30.0 Å². The predicted octanol–water partition coefficient (Wildman–Crippen LogP) is 1.48. The summed E-state index contributed by atoms with van der Waals surface area (Å²) in [5.41, 5.74) is 3.64. The van der Waals surface area contributed by atoms with Crippen molar-refractivity contribution in [3.8, 4) is 0 Å². The van der Waals surface area contributed by atoms with Gasteiger partial charge in [-0.1, -0.05) is 12.1 Å². The highest BCUT2D eigenvalue weighted by molar-refractivity contribution is 5.25. The summed E-state index contributed by atoms with van der Waals surface area (Å²) in [4.78, 5) is 19.2. The minimum absolute atomic E-state index is 0.0789. The number of hydrogen-bond donors (Lipinski definition) is 0. The maximum atomic E-state index is 12.5. The molecule has 0 aliphatic carbocycles. The molecule has 0 aromatic carbocycles. The molecule has 5 nitrogen and oxygen atoms in total. The summed E-state index contributed by atoms with van der Waals surface area (Å²) in [5.74, 6) is 0. The molecule has 2 aliphatic heterocycles. The van der Waals surface area contributed by atoms with E-state index in [1.807, 2.05) is 29.0 Å². The van der Waals surface area contributed by atoms with E-state index in [1.54, 1.807) is 12.3 Å². The first-order chi connectivity index (χ1) is 11.8. The molecule has 0 radical (unpaired) electrons. The second kappa shape index (κ2) is 6.87. The van der Waals surface area contributed by atoms with Crippen molar-refractivity contribution in [1.82, 2.24) is 14.5 Å². The summed E-state index contributed by atoms with van der Waals surface area (Å²) in [6.07, 6.45) is 6.64. The van der Waals surface area contributed by atoms with E-state index in [4.69, 9.17) is 4.74 Å².